The van der Waals surface area contributed by atoms with Crippen LogP contribution in [0.5, 0.6) is 0 Å². The molecule has 0 radical (unpaired) electrons. The molecule has 1 heterocycles. The van der Waals surface area contributed by atoms with Crippen molar-refractivity contribution in [2.75, 3.05) is 32.8 Å². The van der Waals surface area contributed by atoms with E-state index < -0.39 is 0 Å². The topological polar surface area (TPSA) is 58.7 Å². The van der Waals surface area contributed by atoms with E-state index in [0.717, 1.165) is 32.7 Å². The fourth-order valence-electron chi connectivity index (χ4n) is 1.89. The Morgan fingerprint density at radius 2 is 2.40 bits per heavy atom. The lowest BCUT2D eigenvalue weighted by molar-refractivity contribution is 0.0731. The summed E-state index contributed by atoms with van der Waals surface area (Å²) in [7, 11) is 0. The van der Waals surface area contributed by atoms with E-state index in [0.29, 0.717) is 6.10 Å². The average molecular weight is 216 g/mol. The number of nitrogens with two attached hydrogens (primary N) is 1. The Morgan fingerprint density at radius 1 is 1.60 bits per heavy atom. The maximum atomic E-state index is 8.84. The van der Waals surface area contributed by atoms with Crippen LogP contribution in [0.3, 0.4) is 0 Å². The predicted molar refractivity (Wildman–Crippen MR) is 60.8 cm³/mol. The molecule has 0 aromatic carbocycles. The number of aliphatic hydroxyl groups is 1. The van der Waals surface area contributed by atoms with Crippen LogP contribution in [-0.4, -0.2) is 55.0 Å². The maximum Gasteiger partial charge on any atom is 0.0702 e. The van der Waals surface area contributed by atoms with Crippen molar-refractivity contribution >= 4 is 0 Å². The van der Waals surface area contributed by atoms with Crippen LogP contribution in [0.25, 0.3) is 0 Å². The van der Waals surface area contributed by atoms with Gasteiger partial charge in [-0.25, -0.2) is 0 Å². The molecule has 4 nitrogen and oxygen atoms in total. The summed E-state index contributed by atoms with van der Waals surface area (Å²) in [5.74, 6) is 0. The molecule has 1 saturated heterocycles. The maximum absolute atomic E-state index is 8.84. The summed E-state index contributed by atoms with van der Waals surface area (Å²) in [4.78, 5) is 2.35. The molecular weight excluding hydrogens is 192 g/mol. The predicted octanol–water partition coefficient (Wildman–Crippen LogP) is 0.197. The van der Waals surface area contributed by atoms with Gasteiger partial charge in [-0.1, -0.05) is 6.92 Å². The van der Waals surface area contributed by atoms with Gasteiger partial charge in [0, 0.05) is 19.2 Å². The number of hydrogen-bond acceptors (Lipinski definition) is 4. The van der Waals surface area contributed by atoms with Gasteiger partial charge < -0.3 is 20.5 Å². The van der Waals surface area contributed by atoms with Crippen molar-refractivity contribution in [2.45, 2.75) is 38.3 Å². The molecule has 2 atom stereocenters. The van der Waals surface area contributed by atoms with Crippen molar-refractivity contribution in [3.63, 3.8) is 0 Å². The number of ether oxygens (including phenoxy) is 1. The van der Waals surface area contributed by atoms with Crippen LogP contribution in [0.1, 0.15) is 26.2 Å². The third-order valence-corrected chi connectivity index (χ3v) is 2.98. The molecule has 2 unspecified atom stereocenters. The van der Waals surface area contributed by atoms with E-state index in [1.54, 1.807) is 0 Å². The number of rotatable bonds is 7. The van der Waals surface area contributed by atoms with E-state index in [-0.39, 0.29) is 12.6 Å². The molecule has 1 aliphatic rings. The minimum absolute atomic E-state index is 0.0800. The molecule has 0 aliphatic carbocycles. The summed E-state index contributed by atoms with van der Waals surface area (Å²) in [6, 6.07) is -0.0800. The quantitative estimate of drug-likeness (QED) is 0.638. The van der Waals surface area contributed by atoms with Crippen molar-refractivity contribution in [3.05, 3.63) is 0 Å². The number of hydrogen-bond donors (Lipinski definition) is 2. The number of nitrogens with zero attached hydrogens (tertiary/aromatic N) is 1. The Kier molecular flexibility index (Phi) is 6.17. The highest BCUT2D eigenvalue weighted by molar-refractivity contribution is 4.71. The molecule has 3 N–H and O–H groups in total. The highest BCUT2D eigenvalue weighted by atomic mass is 16.5. The highest BCUT2D eigenvalue weighted by Gasteiger charge is 2.18. The van der Waals surface area contributed by atoms with Crippen molar-refractivity contribution in [3.8, 4) is 0 Å². The van der Waals surface area contributed by atoms with Crippen LogP contribution < -0.4 is 5.73 Å². The van der Waals surface area contributed by atoms with Crippen molar-refractivity contribution in [1.82, 2.24) is 4.90 Å². The van der Waals surface area contributed by atoms with Gasteiger partial charge in [0.05, 0.1) is 12.7 Å². The highest BCUT2D eigenvalue weighted by Crippen LogP contribution is 2.13. The first kappa shape index (κ1) is 12.9. The summed E-state index contributed by atoms with van der Waals surface area (Å²) in [5, 5.41) is 8.84. The van der Waals surface area contributed by atoms with Crippen molar-refractivity contribution < 1.29 is 9.84 Å². The molecule has 0 bridgehead atoms. The van der Waals surface area contributed by atoms with E-state index in [1.807, 2.05) is 0 Å². The van der Waals surface area contributed by atoms with Gasteiger partial charge in [0.25, 0.3) is 0 Å². The lowest BCUT2D eigenvalue weighted by Crippen LogP contribution is -2.36. The standard InChI is InChI=1S/C11H24N2O2/c1-2-13(6-5-10(12)9-14)8-11-4-3-7-15-11/h10-11,14H,2-9,12H2,1H3. The molecule has 0 amide bonds. The second-order valence-electron chi connectivity index (χ2n) is 4.26. The third-order valence-electron chi connectivity index (χ3n) is 2.98. The normalized spacial score (nSPS) is 23.6. The van der Waals surface area contributed by atoms with Crippen molar-refractivity contribution in [2.24, 2.45) is 5.73 Å². The molecule has 4 heteroatoms. The molecule has 0 aromatic heterocycles. The molecule has 1 fully saturated rings. The average Bonchev–Trinajstić information content (AvgIpc) is 2.76. The molecule has 1 rings (SSSR count). The minimum atomic E-state index is -0.0800. The van der Waals surface area contributed by atoms with Crippen LogP contribution in [0.4, 0.5) is 0 Å². The molecule has 90 valence electrons. The Hall–Kier alpha value is -0.160. The minimum Gasteiger partial charge on any atom is -0.395 e. The molecular formula is C11H24N2O2. The smallest absolute Gasteiger partial charge is 0.0702 e. The van der Waals surface area contributed by atoms with Crippen LogP contribution >= 0.6 is 0 Å². The molecule has 0 aromatic rings. The van der Waals surface area contributed by atoms with Crippen LogP contribution in [0.2, 0.25) is 0 Å². The van der Waals surface area contributed by atoms with Crippen LogP contribution in [0.15, 0.2) is 0 Å². The summed E-state index contributed by atoms with van der Waals surface area (Å²) in [6.07, 6.45) is 3.65. The number of aliphatic hydroxyl groups excluding tert-OH is 1. The Labute approximate surface area is 92.4 Å². The first-order valence-electron chi connectivity index (χ1n) is 5.96. The monoisotopic (exact) mass is 216 g/mol. The molecule has 0 spiro atoms. The first-order chi connectivity index (χ1) is 7.26. The Bertz CT molecular complexity index is 161. The van der Waals surface area contributed by atoms with Gasteiger partial charge in [-0.2, -0.15) is 0 Å². The SMILES string of the molecule is CCN(CCC(N)CO)CC1CCCO1. The zero-order valence-corrected chi connectivity index (χ0v) is 9.69. The van der Waals surface area contributed by atoms with Gasteiger partial charge in [-0.05, 0) is 32.4 Å². The van der Waals surface area contributed by atoms with Gasteiger partial charge in [-0.3, -0.25) is 0 Å². The molecule has 0 saturated carbocycles. The molecule has 15 heavy (non-hydrogen) atoms. The van der Waals surface area contributed by atoms with Gasteiger partial charge in [0.1, 0.15) is 0 Å². The fourth-order valence-corrected chi connectivity index (χ4v) is 1.89. The molecule has 1 aliphatic heterocycles. The van der Waals surface area contributed by atoms with Gasteiger partial charge in [0.2, 0.25) is 0 Å². The summed E-state index contributed by atoms with van der Waals surface area (Å²) in [6.45, 7) is 6.14. The van der Waals surface area contributed by atoms with E-state index >= 15 is 0 Å². The first-order valence-corrected chi connectivity index (χ1v) is 5.96. The van der Waals surface area contributed by atoms with Gasteiger partial charge >= 0.3 is 0 Å². The fraction of sp³-hybridized carbons (Fsp3) is 1.00. The van der Waals surface area contributed by atoms with E-state index in [9.17, 15) is 0 Å². The van der Waals surface area contributed by atoms with E-state index in [4.69, 9.17) is 15.6 Å². The Morgan fingerprint density at radius 3 is 2.93 bits per heavy atom. The largest absolute Gasteiger partial charge is 0.395 e. The van der Waals surface area contributed by atoms with E-state index in [1.165, 1.54) is 12.8 Å². The van der Waals surface area contributed by atoms with E-state index in [2.05, 4.69) is 11.8 Å². The zero-order valence-electron chi connectivity index (χ0n) is 9.69. The zero-order chi connectivity index (χ0) is 11.1. The lowest BCUT2D eigenvalue weighted by atomic mass is 10.2. The van der Waals surface area contributed by atoms with Crippen LogP contribution in [0, 0.1) is 0 Å². The summed E-state index contributed by atoms with van der Waals surface area (Å²) < 4.78 is 5.60. The second-order valence-corrected chi connectivity index (χ2v) is 4.26. The summed E-state index contributed by atoms with van der Waals surface area (Å²) in [5.41, 5.74) is 5.68. The summed E-state index contributed by atoms with van der Waals surface area (Å²) >= 11 is 0. The number of likely N-dealkylation sites (N-methyl/N-ethyl adjacent to an activating group) is 1. The lowest BCUT2D eigenvalue weighted by Gasteiger charge is -2.24. The second kappa shape index (κ2) is 7.17. The third kappa shape index (κ3) is 4.93. The van der Waals surface area contributed by atoms with Gasteiger partial charge in [0.15, 0.2) is 0 Å². The van der Waals surface area contributed by atoms with Gasteiger partial charge in [-0.15, -0.1) is 0 Å². The van der Waals surface area contributed by atoms with Crippen LogP contribution in [-0.2, 0) is 4.74 Å². The Balaban J connectivity index is 2.16. The van der Waals surface area contributed by atoms with Crippen molar-refractivity contribution in [1.29, 1.82) is 0 Å².